The number of hydrogen-bond donors (Lipinski definition) is 1. The van der Waals surface area contributed by atoms with Gasteiger partial charge in [0.2, 0.25) is 0 Å². The van der Waals surface area contributed by atoms with E-state index in [9.17, 15) is 18.0 Å². The Morgan fingerprint density at radius 1 is 1.17 bits per heavy atom. The highest BCUT2D eigenvalue weighted by Gasteiger charge is 2.54. The first-order valence-corrected chi connectivity index (χ1v) is 9.59. The minimum atomic E-state index is -4.38. The van der Waals surface area contributed by atoms with Crippen LogP contribution in [0.25, 0.3) is 0 Å². The van der Waals surface area contributed by atoms with Gasteiger partial charge in [0.05, 0.1) is 16.4 Å². The van der Waals surface area contributed by atoms with Crippen molar-refractivity contribution >= 4 is 21.9 Å². The second kappa shape index (κ2) is 5.39. The van der Waals surface area contributed by atoms with Gasteiger partial charge < -0.3 is 4.74 Å². The lowest BCUT2D eigenvalue weighted by Gasteiger charge is -2.52. The summed E-state index contributed by atoms with van der Waals surface area (Å²) in [5.41, 5.74) is 0.0615. The maximum atomic E-state index is 12.4. The van der Waals surface area contributed by atoms with Gasteiger partial charge in [-0.05, 0) is 55.7 Å². The Labute approximate surface area is 139 Å². The summed E-state index contributed by atoms with van der Waals surface area (Å²) >= 11 is 0. The van der Waals surface area contributed by atoms with Gasteiger partial charge in [-0.2, -0.15) is 8.42 Å². The van der Waals surface area contributed by atoms with E-state index in [2.05, 4.69) is 0 Å². The Kier molecular flexibility index (Phi) is 3.54. The van der Waals surface area contributed by atoms with Crippen molar-refractivity contribution in [1.29, 1.82) is 0 Å². The third-order valence-electron chi connectivity index (χ3n) is 5.67. The molecule has 128 valence electrons. The van der Waals surface area contributed by atoms with Crippen molar-refractivity contribution in [2.24, 2.45) is 23.7 Å². The number of ether oxygens (including phenoxy) is 1. The van der Waals surface area contributed by atoms with E-state index in [0.29, 0.717) is 5.92 Å². The summed E-state index contributed by atoms with van der Waals surface area (Å²) in [5.74, 6) is 0.269. The first-order valence-electron chi connectivity index (χ1n) is 8.15. The van der Waals surface area contributed by atoms with Gasteiger partial charge in [0, 0.05) is 5.92 Å². The fourth-order valence-electron chi connectivity index (χ4n) is 4.73. The maximum Gasteiger partial charge on any atom is 0.338 e. The number of ketones is 1. The molecule has 7 heteroatoms. The van der Waals surface area contributed by atoms with E-state index in [1.165, 1.54) is 18.2 Å². The summed E-state index contributed by atoms with van der Waals surface area (Å²) in [6.07, 6.45) is 3.13. The second-order valence-corrected chi connectivity index (χ2v) is 8.57. The van der Waals surface area contributed by atoms with Crippen molar-refractivity contribution in [2.75, 3.05) is 0 Å². The lowest BCUT2D eigenvalue weighted by molar-refractivity contribution is -0.155. The Hall–Kier alpha value is -1.73. The van der Waals surface area contributed by atoms with Crippen LogP contribution in [0.2, 0.25) is 0 Å². The van der Waals surface area contributed by atoms with Crippen molar-refractivity contribution in [1.82, 2.24) is 0 Å². The lowest BCUT2D eigenvalue weighted by atomic mass is 9.54. The van der Waals surface area contributed by atoms with Crippen LogP contribution in [0, 0.1) is 23.7 Å². The SMILES string of the molecule is O=C(OC1C2CC3CC(C2)C(=O)C1C3)c1cccc(S(=O)(=O)O)c1. The molecule has 4 fully saturated rings. The molecule has 1 aromatic rings. The van der Waals surface area contributed by atoms with E-state index in [1.807, 2.05) is 0 Å². The fourth-order valence-corrected chi connectivity index (χ4v) is 5.26. The third kappa shape index (κ3) is 2.56. The average Bonchev–Trinajstić information content (AvgIpc) is 2.54. The molecule has 24 heavy (non-hydrogen) atoms. The van der Waals surface area contributed by atoms with Gasteiger partial charge in [0.15, 0.2) is 0 Å². The fraction of sp³-hybridized carbons (Fsp3) is 0.529. The smallest absolute Gasteiger partial charge is 0.338 e. The lowest BCUT2D eigenvalue weighted by Crippen LogP contribution is -2.55. The molecule has 1 aromatic carbocycles. The largest absolute Gasteiger partial charge is 0.458 e. The van der Waals surface area contributed by atoms with Gasteiger partial charge in [-0.15, -0.1) is 0 Å². The van der Waals surface area contributed by atoms with Crippen LogP contribution >= 0.6 is 0 Å². The van der Waals surface area contributed by atoms with Crippen LogP contribution in [0.4, 0.5) is 0 Å². The molecule has 0 radical (unpaired) electrons. The van der Waals surface area contributed by atoms with Gasteiger partial charge in [-0.25, -0.2) is 4.79 Å². The van der Waals surface area contributed by atoms with Crippen molar-refractivity contribution in [2.45, 2.75) is 36.7 Å². The van der Waals surface area contributed by atoms with E-state index >= 15 is 0 Å². The molecule has 5 rings (SSSR count). The predicted octanol–water partition coefficient (Wildman–Crippen LogP) is 2.09. The summed E-state index contributed by atoms with van der Waals surface area (Å²) in [5, 5.41) is 0. The van der Waals surface area contributed by atoms with E-state index in [1.54, 1.807) is 0 Å². The molecule has 5 unspecified atom stereocenters. The van der Waals surface area contributed by atoms with Crippen molar-refractivity contribution in [3.05, 3.63) is 29.8 Å². The number of benzene rings is 1. The molecule has 0 heterocycles. The zero-order valence-corrected chi connectivity index (χ0v) is 13.7. The topological polar surface area (TPSA) is 97.7 Å². The number of hydrogen-bond acceptors (Lipinski definition) is 5. The number of esters is 1. The maximum absolute atomic E-state index is 12.4. The minimum Gasteiger partial charge on any atom is -0.458 e. The molecule has 0 spiro atoms. The zero-order valence-electron chi connectivity index (χ0n) is 12.9. The van der Waals surface area contributed by atoms with Gasteiger partial charge in [-0.3, -0.25) is 9.35 Å². The molecule has 6 nitrogen and oxygen atoms in total. The Balaban J connectivity index is 1.56. The molecule has 0 aliphatic heterocycles. The molecule has 1 N–H and O–H groups in total. The molecular weight excluding hydrogens is 332 g/mol. The predicted molar refractivity (Wildman–Crippen MR) is 82.9 cm³/mol. The van der Waals surface area contributed by atoms with E-state index in [0.717, 1.165) is 31.7 Å². The third-order valence-corrected chi connectivity index (χ3v) is 6.52. The van der Waals surface area contributed by atoms with Crippen molar-refractivity contribution in [3.63, 3.8) is 0 Å². The molecule has 4 bridgehead atoms. The molecule has 4 aliphatic rings. The standard InChI is InChI=1S/C17H18O6S/c18-15-11-4-9-5-12(7-11)16(14(15)6-9)23-17(19)10-2-1-3-13(8-10)24(20,21)22/h1-3,8-9,11-12,14,16H,4-7H2,(H,20,21,22). The highest BCUT2D eigenvalue weighted by atomic mass is 32.2. The van der Waals surface area contributed by atoms with Gasteiger partial charge in [0.25, 0.3) is 10.1 Å². The average molecular weight is 350 g/mol. The molecule has 0 amide bonds. The van der Waals surface area contributed by atoms with Crippen molar-refractivity contribution < 1.29 is 27.3 Å². The molecule has 4 aliphatic carbocycles. The quantitative estimate of drug-likeness (QED) is 0.662. The Morgan fingerprint density at radius 3 is 2.71 bits per heavy atom. The number of rotatable bonds is 3. The summed E-state index contributed by atoms with van der Waals surface area (Å²) < 4.78 is 37.1. The molecule has 5 atom stereocenters. The van der Waals surface area contributed by atoms with E-state index < -0.39 is 22.2 Å². The van der Waals surface area contributed by atoms with Crippen LogP contribution in [-0.2, 0) is 19.6 Å². The summed E-state index contributed by atoms with van der Waals surface area (Å²) in [6, 6.07) is 5.12. The van der Waals surface area contributed by atoms with Crippen LogP contribution in [-0.4, -0.2) is 30.8 Å². The monoisotopic (exact) mass is 350 g/mol. The van der Waals surface area contributed by atoms with Crippen LogP contribution in [0.3, 0.4) is 0 Å². The summed E-state index contributed by atoms with van der Waals surface area (Å²) in [7, 11) is -4.38. The Bertz CT molecular complexity index is 814. The minimum absolute atomic E-state index is 0.0615. The number of carbonyl (C=O) groups excluding carboxylic acids is 2. The normalized spacial score (nSPS) is 34.4. The van der Waals surface area contributed by atoms with Crippen LogP contribution < -0.4 is 0 Å². The molecule has 0 aromatic heterocycles. The number of Topliss-reactive ketones (excluding diaryl/α,β-unsaturated/α-hetero) is 1. The van der Waals surface area contributed by atoms with E-state index in [4.69, 9.17) is 9.29 Å². The summed E-state index contributed by atoms with van der Waals surface area (Å²) in [4.78, 5) is 24.4. The van der Waals surface area contributed by atoms with Crippen molar-refractivity contribution in [3.8, 4) is 0 Å². The second-order valence-electron chi connectivity index (χ2n) is 7.15. The molecular formula is C17H18O6S. The molecule has 4 saturated carbocycles. The van der Waals surface area contributed by atoms with Gasteiger partial charge >= 0.3 is 5.97 Å². The summed E-state index contributed by atoms with van der Waals surface area (Å²) in [6.45, 7) is 0. The Morgan fingerprint density at radius 2 is 1.96 bits per heavy atom. The van der Waals surface area contributed by atoms with Gasteiger partial charge in [0.1, 0.15) is 11.9 Å². The highest BCUT2D eigenvalue weighted by Crippen LogP contribution is 2.53. The van der Waals surface area contributed by atoms with Gasteiger partial charge in [-0.1, -0.05) is 6.07 Å². The van der Waals surface area contributed by atoms with Crippen LogP contribution in [0.5, 0.6) is 0 Å². The van der Waals surface area contributed by atoms with Crippen LogP contribution in [0.15, 0.2) is 29.2 Å². The molecule has 0 saturated heterocycles. The van der Waals surface area contributed by atoms with E-state index in [-0.39, 0.29) is 34.0 Å². The van der Waals surface area contributed by atoms with Crippen LogP contribution in [0.1, 0.15) is 36.0 Å². The first kappa shape index (κ1) is 15.8. The highest BCUT2D eigenvalue weighted by molar-refractivity contribution is 7.85. The first-order chi connectivity index (χ1) is 11.3. The zero-order chi connectivity index (χ0) is 17.1. The number of carbonyl (C=O) groups is 2.